The second-order valence-electron chi connectivity index (χ2n) is 2.78. The van der Waals surface area contributed by atoms with Gasteiger partial charge in [0.1, 0.15) is 6.04 Å². The third-order valence-corrected chi connectivity index (χ3v) is 1.86. The lowest BCUT2D eigenvalue weighted by atomic mass is 10.2. The first-order valence-corrected chi connectivity index (χ1v) is 4.39. The lowest BCUT2D eigenvalue weighted by Crippen LogP contribution is -2.27. The fourth-order valence-corrected chi connectivity index (χ4v) is 1.11. The molecule has 0 aliphatic carbocycles. The highest BCUT2D eigenvalue weighted by molar-refractivity contribution is 6.30. The minimum Gasteiger partial charge on any atom is -0.480 e. The highest BCUT2D eigenvalue weighted by Gasteiger charge is 2.05. The molecule has 3 nitrogen and oxygen atoms in total. The van der Waals surface area contributed by atoms with Crippen LogP contribution < -0.4 is 5.73 Å². The SMILES string of the molecule is N[C@@H](/C=C/c1cccc(Cl)c1)C(=O)O. The summed E-state index contributed by atoms with van der Waals surface area (Å²) < 4.78 is 0. The molecule has 1 aromatic rings. The van der Waals surface area contributed by atoms with E-state index in [4.69, 9.17) is 22.4 Å². The van der Waals surface area contributed by atoms with Crippen LogP contribution in [0.3, 0.4) is 0 Å². The molecule has 74 valence electrons. The van der Waals surface area contributed by atoms with Crippen LogP contribution in [0.5, 0.6) is 0 Å². The summed E-state index contributed by atoms with van der Waals surface area (Å²) >= 11 is 5.74. The normalized spacial score (nSPS) is 13.0. The number of carbonyl (C=O) groups is 1. The maximum absolute atomic E-state index is 10.4. The molecule has 0 fully saturated rings. The monoisotopic (exact) mass is 211 g/mol. The second kappa shape index (κ2) is 4.79. The Labute approximate surface area is 86.8 Å². The molecule has 0 bridgehead atoms. The van der Waals surface area contributed by atoms with E-state index in [0.717, 1.165) is 5.56 Å². The van der Waals surface area contributed by atoms with Crippen LogP contribution in [-0.2, 0) is 4.79 Å². The number of rotatable bonds is 3. The zero-order valence-electron chi connectivity index (χ0n) is 7.35. The Balaban J connectivity index is 2.73. The standard InChI is InChI=1S/C10H10ClNO2/c11-8-3-1-2-7(6-8)4-5-9(12)10(13)14/h1-6,9H,12H2,(H,13,14)/b5-4+/t9-/m0/s1. The van der Waals surface area contributed by atoms with Gasteiger partial charge in [0.25, 0.3) is 0 Å². The molecule has 0 unspecified atom stereocenters. The summed E-state index contributed by atoms with van der Waals surface area (Å²) in [5.41, 5.74) is 6.11. The number of aliphatic carboxylic acids is 1. The lowest BCUT2D eigenvalue weighted by molar-refractivity contribution is -0.137. The van der Waals surface area contributed by atoms with Crippen LogP contribution in [-0.4, -0.2) is 17.1 Å². The molecule has 1 aromatic carbocycles. The summed E-state index contributed by atoms with van der Waals surface area (Å²) in [5.74, 6) is -1.05. The van der Waals surface area contributed by atoms with Crippen molar-refractivity contribution in [3.8, 4) is 0 Å². The molecule has 0 heterocycles. The molecule has 0 saturated heterocycles. The first-order chi connectivity index (χ1) is 6.59. The Morgan fingerprint density at radius 2 is 2.29 bits per heavy atom. The van der Waals surface area contributed by atoms with Gasteiger partial charge < -0.3 is 10.8 Å². The van der Waals surface area contributed by atoms with Crippen LogP contribution in [0.1, 0.15) is 5.56 Å². The van der Waals surface area contributed by atoms with Gasteiger partial charge in [-0.3, -0.25) is 4.79 Å². The van der Waals surface area contributed by atoms with Crippen molar-refractivity contribution >= 4 is 23.6 Å². The molecule has 0 aromatic heterocycles. The van der Waals surface area contributed by atoms with E-state index in [1.54, 1.807) is 24.3 Å². The highest BCUT2D eigenvalue weighted by atomic mass is 35.5. The second-order valence-corrected chi connectivity index (χ2v) is 3.21. The maximum atomic E-state index is 10.4. The van der Waals surface area contributed by atoms with Crippen molar-refractivity contribution in [1.82, 2.24) is 0 Å². The zero-order chi connectivity index (χ0) is 10.6. The van der Waals surface area contributed by atoms with Crippen LogP contribution >= 0.6 is 11.6 Å². The average molecular weight is 212 g/mol. The third-order valence-electron chi connectivity index (χ3n) is 1.63. The topological polar surface area (TPSA) is 63.3 Å². The fourth-order valence-electron chi connectivity index (χ4n) is 0.907. The molecule has 0 aliphatic rings. The smallest absolute Gasteiger partial charge is 0.324 e. The summed E-state index contributed by atoms with van der Waals surface area (Å²) in [4.78, 5) is 10.4. The minimum atomic E-state index is -1.05. The number of benzene rings is 1. The first-order valence-electron chi connectivity index (χ1n) is 4.02. The minimum absolute atomic E-state index is 0.607. The van der Waals surface area contributed by atoms with Crippen molar-refractivity contribution in [1.29, 1.82) is 0 Å². The largest absolute Gasteiger partial charge is 0.480 e. The van der Waals surface area contributed by atoms with Crippen LogP contribution in [0.25, 0.3) is 6.08 Å². The fraction of sp³-hybridized carbons (Fsp3) is 0.100. The van der Waals surface area contributed by atoms with E-state index in [9.17, 15) is 4.79 Å². The Bertz CT molecular complexity index is 363. The summed E-state index contributed by atoms with van der Waals surface area (Å²) in [6.45, 7) is 0. The predicted molar refractivity (Wildman–Crippen MR) is 56.1 cm³/mol. The summed E-state index contributed by atoms with van der Waals surface area (Å²) in [7, 11) is 0. The molecule has 0 saturated carbocycles. The van der Waals surface area contributed by atoms with Gasteiger partial charge in [-0.25, -0.2) is 0 Å². The first kappa shape index (κ1) is 10.8. The third kappa shape index (κ3) is 3.20. The van der Waals surface area contributed by atoms with E-state index in [1.807, 2.05) is 6.07 Å². The van der Waals surface area contributed by atoms with Gasteiger partial charge >= 0.3 is 5.97 Å². The van der Waals surface area contributed by atoms with E-state index >= 15 is 0 Å². The van der Waals surface area contributed by atoms with Crippen molar-refractivity contribution in [2.45, 2.75) is 6.04 Å². The van der Waals surface area contributed by atoms with Gasteiger partial charge in [0.05, 0.1) is 0 Å². The molecule has 1 rings (SSSR count). The van der Waals surface area contributed by atoms with Crippen LogP contribution in [0.2, 0.25) is 5.02 Å². The lowest BCUT2D eigenvalue weighted by Gasteiger charge is -1.98. The Morgan fingerprint density at radius 1 is 1.57 bits per heavy atom. The zero-order valence-corrected chi connectivity index (χ0v) is 8.11. The van der Waals surface area contributed by atoms with E-state index in [1.165, 1.54) is 6.08 Å². The van der Waals surface area contributed by atoms with Crippen molar-refractivity contribution in [2.75, 3.05) is 0 Å². The average Bonchev–Trinajstić information content (AvgIpc) is 2.14. The summed E-state index contributed by atoms with van der Waals surface area (Å²) in [6, 6.07) is 6.10. The Morgan fingerprint density at radius 3 is 2.86 bits per heavy atom. The van der Waals surface area contributed by atoms with E-state index < -0.39 is 12.0 Å². The number of nitrogens with two attached hydrogens (primary N) is 1. The summed E-state index contributed by atoms with van der Waals surface area (Å²) in [6.07, 6.45) is 3.04. The molecule has 4 heteroatoms. The van der Waals surface area contributed by atoms with Gasteiger partial charge in [0.2, 0.25) is 0 Å². The predicted octanol–water partition coefficient (Wildman–Crippen LogP) is 1.77. The van der Waals surface area contributed by atoms with Crippen molar-refractivity contribution in [2.24, 2.45) is 5.73 Å². The van der Waals surface area contributed by atoms with Gasteiger partial charge in [-0.1, -0.05) is 35.9 Å². The molecule has 14 heavy (non-hydrogen) atoms. The van der Waals surface area contributed by atoms with Crippen LogP contribution in [0, 0.1) is 0 Å². The molecule has 3 N–H and O–H groups in total. The number of hydrogen-bond donors (Lipinski definition) is 2. The number of halogens is 1. The van der Waals surface area contributed by atoms with E-state index in [0.29, 0.717) is 5.02 Å². The molecule has 0 amide bonds. The number of carboxylic acid groups (broad SMARTS) is 1. The van der Waals surface area contributed by atoms with Crippen molar-refractivity contribution in [3.63, 3.8) is 0 Å². The number of hydrogen-bond acceptors (Lipinski definition) is 2. The summed E-state index contributed by atoms with van der Waals surface area (Å²) in [5, 5.41) is 9.12. The number of carboxylic acids is 1. The van der Waals surface area contributed by atoms with Gasteiger partial charge in [-0.05, 0) is 17.7 Å². The quantitative estimate of drug-likeness (QED) is 0.801. The Hall–Kier alpha value is -1.32. The van der Waals surface area contributed by atoms with Gasteiger partial charge in [-0.2, -0.15) is 0 Å². The maximum Gasteiger partial charge on any atom is 0.324 e. The van der Waals surface area contributed by atoms with Gasteiger partial charge in [0, 0.05) is 5.02 Å². The molecular weight excluding hydrogens is 202 g/mol. The van der Waals surface area contributed by atoms with Gasteiger partial charge in [-0.15, -0.1) is 0 Å². The van der Waals surface area contributed by atoms with Crippen molar-refractivity contribution in [3.05, 3.63) is 40.9 Å². The van der Waals surface area contributed by atoms with Gasteiger partial charge in [0.15, 0.2) is 0 Å². The molecule has 0 radical (unpaired) electrons. The van der Waals surface area contributed by atoms with Crippen LogP contribution in [0.15, 0.2) is 30.3 Å². The molecule has 1 atom stereocenters. The Kier molecular flexibility index (Phi) is 3.68. The molecular formula is C10H10ClNO2. The molecule has 0 aliphatic heterocycles. The molecule has 0 spiro atoms. The highest BCUT2D eigenvalue weighted by Crippen LogP contribution is 2.11. The van der Waals surface area contributed by atoms with E-state index in [-0.39, 0.29) is 0 Å². The van der Waals surface area contributed by atoms with Crippen LogP contribution in [0.4, 0.5) is 0 Å². The van der Waals surface area contributed by atoms with Crippen molar-refractivity contribution < 1.29 is 9.90 Å². The van der Waals surface area contributed by atoms with E-state index in [2.05, 4.69) is 0 Å².